The highest BCUT2D eigenvalue weighted by molar-refractivity contribution is 6.32. The Hall–Kier alpha value is -5.98. The van der Waals surface area contributed by atoms with Crippen molar-refractivity contribution in [1.82, 2.24) is 0 Å². The molecule has 308 valence electrons. The lowest BCUT2D eigenvalue weighted by atomic mass is 9.75. The number of rotatable bonds is 3. The second-order valence-corrected chi connectivity index (χ2v) is 22.3. The largest absolute Gasteiger partial charge is 0.0622 e. The zero-order chi connectivity index (χ0) is 43.7. The molecule has 10 rings (SSSR count). The van der Waals surface area contributed by atoms with Crippen molar-refractivity contribution >= 4 is 43.1 Å². The van der Waals surface area contributed by atoms with Gasteiger partial charge in [-0.2, -0.15) is 0 Å². The van der Waals surface area contributed by atoms with Crippen molar-refractivity contribution in [1.29, 1.82) is 0 Å². The standard InChI is InChI=1S/C62H60/c1-59(2,3)42-29-40(30-43(34-42)60(4,5)6)54-49-28-26-39(37-19-14-13-15-20-37)33-52(49)55(41-31-44(61(7,8)9)35-45(32-41)62(10,11)12)58-53-36-51-46-22-17-16-21-38(46)25-27-47(51)48-23-18-24-50(56(48)53)57(54)58/h13-36H,1-12H3. The molecule has 0 atom stereocenters. The molecule has 0 fully saturated rings. The van der Waals surface area contributed by atoms with E-state index in [0.717, 1.165) is 0 Å². The number of benzene rings is 9. The monoisotopic (exact) mass is 804 g/mol. The highest BCUT2D eigenvalue weighted by Gasteiger charge is 2.34. The van der Waals surface area contributed by atoms with Crippen LogP contribution in [-0.2, 0) is 21.7 Å². The van der Waals surface area contributed by atoms with Crippen LogP contribution in [-0.4, -0.2) is 0 Å². The van der Waals surface area contributed by atoms with Gasteiger partial charge in [-0.3, -0.25) is 0 Å². The van der Waals surface area contributed by atoms with Crippen LogP contribution >= 0.6 is 0 Å². The van der Waals surface area contributed by atoms with Gasteiger partial charge in [-0.15, -0.1) is 0 Å². The van der Waals surface area contributed by atoms with Gasteiger partial charge in [0.05, 0.1) is 0 Å². The summed E-state index contributed by atoms with van der Waals surface area (Å²) in [7, 11) is 0. The van der Waals surface area contributed by atoms with E-state index in [9.17, 15) is 0 Å². The van der Waals surface area contributed by atoms with Gasteiger partial charge in [0.2, 0.25) is 0 Å². The van der Waals surface area contributed by atoms with E-state index in [4.69, 9.17) is 0 Å². The third kappa shape index (κ3) is 6.49. The van der Waals surface area contributed by atoms with Gasteiger partial charge in [-0.05, 0) is 155 Å². The molecule has 0 spiro atoms. The van der Waals surface area contributed by atoms with Crippen LogP contribution in [0.25, 0.3) is 98.7 Å². The molecule has 0 amide bonds. The van der Waals surface area contributed by atoms with E-state index in [1.54, 1.807) is 0 Å². The van der Waals surface area contributed by atoms with Gasteiger partial charge >= 0.3 is 0 Å². The van der Waals surface area contributed by atoms with Gasteiger partial charge < -0.3 is 0 Å². The minimum absolute atomic E-state index is 0.0338. The van der Waals surface area contributed by atoms with Crippen molar-refractivity contribution < 1.29 is 0 Å². The number of hydrogen-bond donors (Lipinski definition) is 0. The molecule has 0 N–H and O–H groups in total. The molecule has 62 heavy (non-hydrogen) atoms. The van der Waals surface area contributed by atoms with Crippen LogP contribution in [0.4, 0.5) is 0 Å². The van der Waals surface area contributed by atoms with Crippen LogP contribution in [0.15, 0.2) is 146 Å². The molecule has 1 aliphatic rings. The van der Waals surface area contributed by atoms with Gasteiger partial charge in [-0.1, -0.05) is 217 Å². The molecule has 1 aliphatic carbocycles. The first kappa shape index (κ1) is 40.1. The summed E-state index contributed by atoms with van der Waals surface area (Å²) in [5.74, 6) is 0. The lowest BCUT2D eigenvalue weighted by molar-refractivity contribution is 0.568. The van der Waals surface area contributed by atoms with Crippen molar-refractivity contribution in [2.45, 2.75) is 105 Å². The minimum atomic E-state index is -0.0427. The summed E-state index contributed by atoms with van der Waals surface area (Å²) >= 11 is 0. The summed E-state index contributed by atoms with van der Waals surface area (Å²) in [5, 5.41) is 10.5. The average molecular weight is 805 g/mol. The van der Waals surface area contributed by atoms with Crippen LogP contribution < -0.4 is 0 Å². The highest BCUT2D eigenvalue weighted by atomic mass is 14.4. The SMILES string of the molecule is CC(C)(C)c1cc(-c2c3c(c(-c4cc(C(C)(C)C)cc(C(C)(C)C)c4)c4cc(-c5ccccc5)ccc24)-c2cc4c5ccccc5ccc4c4cccc-3c24)cc(C(C)(C)C)c1. The number of fused-ring (bicyclic) bond motifs is 8. The summed E-state index contributed by atoms with van der Waals surface area (Å²) in [6, 6.07) is 56.5. The van der Waals surface area contributed by atoms with Crippen molar-refractivity contribution in [2.24, 2.45) is 0 Å². The molecule has 9 aromatic carbocycles. The maximum atomic E-state index is 2.56. The quantitative estimate of drug-likeness (QED) is 0.156. The fraction of sp³-hybridized carbons (Fsp3) is 0.258. The van der Waals surface area contributed by atoms with E-state index in [0.29, 0.717) is 0 Å². The predicted octanol–water partition coefficient (Wildman–Crippen LogP) is 18.1. The van der Waals surface area contributed by atoms with E-state index < -0.39 is 0 Å². The Bertz CT molecular complexity index is 3220. The second kappa shape index (κ2) is 13.8. The van der Waals surface area contributed by atoms with Gasteiger partial charge in [0.25, 0.3) is 0 Å². The Kier molecular flexibility index (Phi) is 8.90. The lowest BCUT2D eigenvalue weighted by Crippen LogP contribution is -2.17. The molecule has 0 heteroatoms. The Morgan fingerprint density at radius 3 is 1.34 bits per heavy atom. The molecule has 0 unspecified atom stereocenters. The van der Waals surface area contributed by atoms with Crippen LogP contribution in [0.3, 0.4) is 0 Å². The fourth-order valence-electron chi connectivity index (χ4n) is 10.1. The predicted molar refractivity (Wildman–Crippen MR) is 272 cm³/mol. The maximum Gasteiger partial charge on any atom is -0.000718 e. The third-order valence-corrected chi connectivity index (χ3v) is 13.7. The summed E-state index contributed by atoms with van der Waals surface area (Å²) in [6.07, 6.45) is 0. The smallest absolute Gasteiger partial charge is 0.000718 e. The molecular formula is C62H60. The zero-order valence-electron chi connectivity index (χ0n) is 38.9. The van der Waals surface area contributed by atoms with Crippen LogP contribution in [0.1, 0.15) is 105 Å². The summed E-state index contributed by atoms with van der Waals surface area (Å²) in [5.41, 5.74) is 18.4. The van der Waals surface area contributed by atoms with E-state index in [1.807, 2.05) is 0 Å². The third-order valence-electron chi connectivity index (χ3n) is 13.7. The van der Waals surface area contributed by atoms with Gasteiger partial charge in [0.1, 0.15) is 0 Å². The molecule has 0 heterocycles. The molecular weight excluding hydrogens is 745 g/mol. The van der Waals surface area contributed by atoms with Crippen molar-refractivity contribution in [3.63, 3.8) is 0 Å². The normalized spacial score (nSPS) is 13.2. The Balaban J connectivity index is 1.48. The molecule has 9 aromatic rings. The van der Waals surface area contributed by atoms with Crippen molar-refractivity contribution in [2.75, 3.05) is 0 Å². The lowest BCUT2D eigenvalue weighted by Gasteiger charge is -2.29. The van der Waals surface area contributed by atoms with E-state index >= 15 is 0 Å². The summed E-state index contributed by atoms with van der Waals surface area (Å²) in [6.45, 7) is 28.3. The fourth-order valence-corrected chi connectivity index (χ4v) is 10.1. The zero-order valence-corrected chi connectivity index (χ0v) is 38.9. The summed E-state index contributed by atoms with van der Waals surface area (Å²) < 4.78 is 0. The van der Waals surface area contributed by atoms with E-state index in [-0.39, 0.29) is 21.7 Å². The van der Waals surface area contributed by atoms with Crippen LogP contribution in [0, 0.1) is 0 Å². The molecule has 0 radical (unpaired) electrons. The maximum absolute atomic E-state index is 2.56. The van der Waals surface area contributed by atoms with Gasteiger partial charge in [0, 0.05) is 0 Å². The van der Waals surface area contributed by atoms with Crippen LogP contribution in [0.2, 0.25) is 0 Å². The van der Waals surface area contributed by atoms with Crippen molar-refractivity contribution in [3.8, 4) is 55.6 Å². The first-order chi connectivity index (χ1) is 29.3. The average Bonchev–Trinajstić information content (AvgIpc) is 3.55. The topological polar surface area (TPSA) is 0 Å². The first-order valence-corrected chi connectivity index (χ1v) is 22.7. The Morgan fingerprint density at radius 2 is 0.758 bits per heavy atom. The molecule has 0 saturated carbocycles. The molecule has 0 saturated heterocycles. The number of hydrogen-bond acceptors (Lipinski definition) is 0. The highest BCUT2D eigenvalue weighted by Crippen LogP contribution is 2.60. The molecule has 0 nitrogen and oxygen atoms in total. The summed E-state index contributed by atoms with van der Waals surface area (Å²) in [4.78, 5) is 0. The van der Waals surface area contributed by atoms with Crippen molar-refractivity contribution in [3.05, 3.63) is 168 Å². The van der Waals surface area contributed by atoms with Crippen LogP contribution in [0.5, 0.6) is 0 Å². The Morgan fingerprint density at radius 1 is 0.258 bits per heavy atom. The molecule has 0 aromatic heterocycles. The molecule has 0 bridgehead atoms. The minimum Gasteiger partial charge on any atom is -0.0622 e. The van der Waals surface area contributed by atoms with E-state index in [1.165, 1.54) is 121 Å². The second-order valence-electron chi connectivity index (χ2n) is 22.3. The van der Waals surface area contributed by atoms with E-state index in [2.05, 4.69) is 229 Å². The van der Waals surface area contributed by atoms with Gasteiger partial charge in [0.15, 0.2) is 0 Å². The Labute approximate surface area is 369 Å². The van der Waals surface area contributed by atoms with Gasteiger partial charge in [-0.25, -0.2) is 0 Å². The molecule has 0 aliphatic heterocycles. The first-order valence-electron chi connectivity index (χ1n) is 22.7.